The van der Waals surface area contributed by atoms with Gasteiger partial charge in [-0.3, -0.25) is 4.90 Å². The molecule has 1 atom stereocenters. The highest BCUT2D eigenvalue weighted by atomic mass is 16.5. The van der Waals surface area contributed by atoms with Gasteiger partial charge in [0.15, 0.2) is 11.5 Å². The highest BCUT2D eigenvalue weighted by Gasteiger charge is 2.24. The van der Waals surface area contributed by atoms with Crippen molar-refractivity contribution in [3.05, 3.63) is 63.5 Å². The van der Waals surface area contributed by atoms with Gasteiger partial charge in [-0.05, 0) is 48.4 Å². The fourth-order valence-electron chi connectivity index (χ4n) is 5.69. The summed E-state index contributed by atoms with van der Waals surface area (Å²) < 4.78 is 38.7. The van der Waals surface area contributed by atoms with Crippen LogP contribution in [-0.2, 0) is 25.4 Å². The normalized spacial score (nSPS) is 16.2. The van der Waals surface area contributed by atoms with Crippen molar-refractivity contribution < 1.29 is 42.4 Å². The van der Waals surface area contributed by atoms with Crippen LogP contribution in [0.5, 0.6) is 17.2 Å². The molecule has 3 aromatic rings. The van der Waals surface area contributed by atoms with Crippen LogP contribution in [0.15, 0.2) is 45.6 Å². The van der Waals surface area contributed by atoms with Gasteiger partial charge in [0.05, 0.1) is 47.8 Å². The van der Waals surface area contributed by atoms with Gasteiger partial charge in [0.2, 0.25) is 5.75 Å². The third kappa shape index (κ3) is 8.42. The molecular weight excluding hydrogens is 610 g/mol. The van der Waals surface area contributed by atoms with Gasteiger partial charge in [-0.1, -0.05) is 0 Å². The van der Waals surface area contributed by atoms with Gasteiger partial charge in [0.25, 0.3) is 0 Å². The largest absolute Gasteiger partial charge is 0.493 e. The Kier molecular flexibility index (Phi) is 11.4. The van der Waals surface area contributed by atoms with Crippen molar-refractivity contribution >= 4 is 34.7 Å². The number of benzene rings is 2. The van der Waals surface area contributed by atoms with E-state index in [-0.39, 0.29) is 12.5 Å². The minimum atomic E-state index is -0.642. The van der Waals surface area contributed by atoms with Gasteiger partial charge in [-0.15, -0.1) is 0 Å². The highest BCUT2D eigenvalue weighted by molar-refractivity contribution is 5.93. The molecule has 2 aliphatic rings. The second-order valence-corrected chi connectivity index (χ2v) is 11.2. The number of morpholine rings is 2. The van der Waals surface area contributed by atoms with E-state index < -0.39 is 17.7 Å². The maximum Gasteiger partial charge on any atom is 0.339 e. The zero-order valence-corrected chi connectivity index (χ0v) is 27.2. The molecule has 0 aliphatic carbocycles. The molecule has 0 spiro atoms. The topological polar surface area (TPSA) is 138 Å². The van der Waals surface area contributed by atoms with Crippen molar-refractivity contribution in [3.8, 4) is 17.2 Å². The molecule has 1 unspecified atom stereocenters. The maximum absolute atomic E-state index is 13.3. The summed E-state index contributed by atoms with van der Waals surface area (Å²) in [7, 11) is 4.55. The molecule has 0 bridgehead atoms. The molecule has 5 rings (SSSR count). The van der Waals surface area contributed by atoms with E-state index in [0.717, 1.165) is 10.9 Å². The number of hydrogen-bond donors (Lipinski definition) is 1. The van der Waals surface area contributed by atoms with E-state index in [9.17, 15) is 14.4 Å². The summed E-state index contributed by atoms with van der Waals surface area (Å²) in [5.41, 5.74) is 2.13. The van der Waals surface area contributed by atoms with Crippen LogP contribution in [0, 0.1) is 6.92 Å². The fraction of sp³-hybridized carbons (Fsp3) is 0.441. The zero-order chi connectivity index (χ0) is 33.3. The molecule has 0 radical (unpaired) electrons. The second kappa shape index (κ2) is 15.8. The number of rotatable bonds is 11. The fourth-order valence-corrected chi connectivity index (χ4v) is 5.69. The summed E-state index contributed by atoms with van der Waals surface area (Å²) in [6.45, 7) is 6.77. The lowest BCUT2D eigenvalue weighted by molar-refractivity contribution is -0.144. The Morgan fingerprint density at radius 1 is 0.936 bits per heavy atom. The number of aryl methyl sites for hydroxylation is 1. The smallest absolute Gasteiger partial charge is 0.339 e. The molecule has 0 saturated carbocycles. The van der Waals surface area contributed by atoms with Gasteiger partial charge in [-0.25, -0.2) is 14.4 Å². The number of amides is 2. The number of anilines is 1. The predicted molar refractivity (Wildman–Crippen MR) is 175 cm³/mol. The zero-order valence-electron chi connectivity index (χ0n) is 27.2. The maximum atomic E-state index is 13.3. The van der Waals surface area contributed by atoms with Crippen molar-refractivity contribution in [1.82, 2.24) is 9.80 Å². The Morgan fingerprint density at radius 2 is 1.60 bits per heavy atom. The van der Waals surface area contributed by atoms with E-state index in [1.807, 2.05) is 13.0 Å². The van der Waals surface area contributed by atoms with Crippen LogP contribution >= 0.6 is 0 Å². The Hall–Kier alpha value is -4.59. The van der Waals surface area contributed by atoms with Gasteiger partial charge in [0, 0.05) is 67.9 Å². The summed E-state index contributed by atoms with van der Waals surface area (Å²) in [4.78, 5) is 42.9. The second-order valence-electron chi connectivity index (χ2n) is 11.2. The van der Waals surface area contributed by atoms with E-state index in [1.54, 1.807) is 35.2 Å². The first-order chi connectivity index (χ1) is 22.8. The third-order valence-corrected chi connectivity index (χ3v) is 8.22. The molecule has 3 heterocycles. The molecule has 1 aromatic heterocycles. The molecule has 13 nitrogen and oxygen atoms in total. The van der Waals surface area contributed by atoms with E-state index in [1.165, 1.54) is 27.4 Å². The average Bonchev–Trinajstić information content (AvgIpc) is 3.09. The van der Waals surface area contributed by atoms with E-state index in [0.29, 0.717) is 98.8 Å². The van der Waals surface area contributed by atoms with E-state index in [4.69, 9.17) is 32.8 Å². The summed E-state index contributed by atoms with van der Waals surface area (Å²) in [6.07, 6.45) is 2.44. The van der Waals surface area contributed by atoms with Gasteiger partial charge >= 0.3 is 17.6 Å². The number of nitrogens with zero attached hydrogens (tertiary/aromatic N) is 2. The Bertz CT molecular complexity index is 1630. The minimum Gasteiger partial charge on any atom is -0.493 e. The molecule has 2 saturated heterocycles. The van der Waals surface area contributed by atoms with Crippen LogP contribution in [0.2, 0.25) is 0 Å². The number of hydrogen-bond acceptors (Lipinski definition) is 11. The first-order valence-corrected chi connectivity index (χ1v) is 15.5. The third-order valence-electron chi connectivity index (χ3n) is 8.22. The summed E-state index contributed by atoms with van der Waals surface area (Å²) in [5.74, 6) is 0.782. The highest BCUT2D eigenvalue weighted by Crippen LogP contribution is 2.38. The van der Waals surface area contributed by atoms with Crippen molar-refractivity contribution in [2.45, 2.75) is 19.4 Å². The molecular formula is C34H41N3O10. The van der Waals surface area contributed by atoms with Gasteiger partial charge in [0.1, 0.15) is 11.7 Å². The molecule has 2 amide bonds. The lowest BCUT2D eigenvalue weighted by atomic mass is 10.0. The lowest BCUT2D eigenvalue weighted by Gasteiger charge is -2.30. The van der Waals surface area contributed by atoms with Gasteiger partial charge < -0.3 is 43.1 Å². The van der Waals surface area contributed by atoms with Crippen molar-refractivity contribution in [3.63, 3.8) is 0 Å². The van der Waals surface area contributed by atoms with Crippen molar-refractivity contribution in [2.75, 3.05) is 85.8 Å². The number of urea groups is 1. The summed E-state index contributed by atoms with van der Waals surface area (Å²) in [6, 6.07) is 8.44. The number of carbonyl (C=O) groups excluding carboxylic acids is 2. The molecule has 13 heteroatoms. The molecule has 47 heavy (non-hydrogen) atoms. The number of methoxy groups -OCH3 is 3. The summed E-state index contributed by atoms with van der Waals surface area (Å²) in [5, 5.41) is 3.59. The quantitative estimate of drug-likeness (QED) is 0.185. The van der Waals surface area contributed by atoms with Crippen LogP contribution < -0.4 is 25.2 Å². The Labute approximate surface area is 272 Å². The number of ether oxygens (including phenoxy) is 6. The first-order valence-electron chi connectivity index (χ1n) is 15.5. The molecule has 1 N–H and O–H groups in total. The molecule has 2 fully saturated rings. The molecule has 2 aliphatic heterocycles. The standard InChI is InChI=1S/C34H41N3O10/c1-22-26-7-6-24(35-34(40)37-11-15-45-16-12-37)19-28(26)47-33(39)27(22)20-25(21-36-9-13-44-14-10-36)46-31(38)8-5-23-17-29(41-2)32(43-4)30(18-23)42-3/h5-8,17-19,25H,9-16,20-21H2,1-4H3,(H,35,40). The lowest BCUT2D eigenvalue weighted by Crippen LogP contribution is -2.43. The first kappa shape index (κ1) is 33.8. The molecule has 252 valence electrons. The summed E-state index contributed by atoms with van der Waals surface area (Å²) >= 11 is 0. The van der Waals surface area contributed by atoms with Crippen LogP contribution in [0.25, 0.3) is 17.0 Å². The SMILES string of the molecule is COc1cc(C=CC(=O)OC(Cc2c(C)c3ccc(NC(=O)N4CCOCC4)cc3oc2=O)CN2CCOCC2)cc(OC)c1OC. The van der Waals surface area contributed by atoms with Crippen LogP contribution in [-0.4, -0.2) is 108 Å². The monoisotopic (exact) mass is 651 g/mol. The predicted octanol–water partition coefficient (Wildman–Crippen LogP) is 3.49. The Balaban J connectivity index is 1.35. The number of carbonyl (C=O) groups is 2. The van der Waals surface area contributed by atoms with Crippen molar-refractivity contribution in [1.29, 1.82) is 0 Å². The average molecular weight is 652 g/mol. The van der Waals surface area contributed by atoms with Crippen LogP contribution in [0.4, 0.5) is 10.5 Å². The number of esters is 1. The van der Waals surface area contributed by atoms with Gasteiger partial charge in [-0.2, -0.15) is 0 Å². The van der Waals surface area contributed by atoms with E-state index >= 15 is 0 Å². The number of fused-ring (bicyclic) bond motifs is 1. The van der Waals surface area contributed by atoms with Crippen molar-refractivity contribution in [2.24, 2.45) is 0 Å². The minimum absolute atomic E-state index is 0.154. The number of nitrogens with one attached hydrogen (secondary N) is 1. The Morgan fingerprint density at radius 3 is 2.23 bits per heavy atom. The van der Waals surface area contributed by atoms with Crippen LogP contribution in [0.3, 0.4) is 0 Å². The van der Waals surface area contributed by atoms with Crippen LogP contribution in [0.1, 0.15) is 16.7 Å². The van der Waals surface area contributed by atoms with E-state index in [2.05, 4.69) is 10.2 Å². The molecule has 2 aromatic carbocycles.